The molecule has 6 nitrogen and oxygen atoms in total. The van der Waals surface area contributed by atoms with Crippen LogP contribution >= 0.6 is 15.9 Å². The van der Waals surface area contributed by atoms with E-state index in [0.29, 0.717) is 18.9 Å². The summed E-state index contributed by atoms with van der Waals surface area (Å²) in [5.41, 5.74) is 1.88. The van der Waals surface area contributed by atoms with Gasteiger partial charge in [0, 0.05) is 29.4 Å². The number of fused-ring (bicyclic) bond motifs is 1. The first kappa shape index (κ1) is 16.8. The molecule has 1 saturated heterocycles. The van der Waals surface area contributed by atoms with E-state index in [-0.39, 0.29) is 24.2 Å². The van der Waals surface area contributed by atoms with Gasteiger partial charge in [-0.25, -0.2) is 0 Å². The molecule has 4 rings (SSSR count). The van der Waals surface area contributed by atoms with Crippen LogP contribution in [0.25, 0.3) is 10.9 Å². The van der Waals surface area contributed by atoms with Gasteiger partial charge >= 0.3 is 0 Å². The molecule has 1 aromatic heterocycles. The standard InChI is InChI=1S/C19H17BrN4O2/c20-14-6-7-15-16(9-14)22-23-18(15)24-11-13(8-17(24)25)19(26)21-10-12-4-2-1-3-5-12/h1-7,9,13H,8,10-11H2,(H,21,26)(H,22,23). The van der Waals surface area contributed by atoms with Gasteiger partial charge in [0.25, 0.3) is 0 Å². The van der Waals surface area contributed by atoms with E-state index < -0.39 is 0 Å². The molecule has 0 bridgehead atoms. The molecule has 132 valence electrons. The third kappa shape index (κ3) is 3.22. The SMILES string of the molecule is O=C(NCc1ccccc1)C1CC(=O)N(c2n[nH]c3cc(Br)ccc23)C1. The number of carbonyl (C=O) groups excluding carboxylic acids is 2. The summed E-state index contributed by atoms with van der Waals surface area (Å²) < 4.78 is 0.936. The maximum absolute atomic E-state index is 12.5. The van der Waals surface area contributed by atoms with Crippen molar-refractivity contribution in [3.63, 3.8) is 0 Å². The number of rotatable bonds is 4. The molecule has 2 amide bonds. The summed E-state index contributed by atoms with van der Waals surface area (Å²) in [7, 11) is 0. The van der Waals surface area contributed by atoms with Crippen LogP contribution in [0.4, 0.5) is 5.82 Å². The quantitative estimate of drug-likeness (QED) is 0.691. The number of aromatic nitrogens is 2. The topological polar surface area (TPSA) is 78.1 Å². The monoisotopic (exact) mass is 412 g/mol. The maximum Gasteiger partial charge on any atom is 0.229 e. The third-order valence-electron chi connectivity index (χ3n) is 4.57. The van der Waals surface area contributed by atoms with Gasteiger partial charge in [-0.1, -0.05) is 46.3 Å². The average molecular weight is 413 g/mol. The number of benzene rings is 2. The van der Waals surface area contributed by atoms with E-state index in [1.165, 1.54) is 0 Å². The van der Waals surface area contributed by atoms with Gasteiger partial charge in [0.1, 0.15) is 0 Å². The van der Waals surface area contributed by atoms with E-state index in [2.05, 4.69) is 31.4 Å². The first-order chi connectivity index (χ1) is 12.6. The summed E-state index contributed by atoms with van der Waals surface area (Å²) >= 11 is 3.42. The molecule has 0 aliphatic carbocycles. The lowest BCUT2D eigenvalue weighted by molar-refractivity contribution is -0.126. The largest absolute Gasteiger partial charge is 0.352 e. The van der Waals surface area contributed by atoms with Gasteiger partial charge in [-0.2, -0.15) is 5.10 Å². The molecule has 1 unspecified atom stereocenters. The Morgan fingerprint density at radius 2 is 2.08 bits per heavy atom. The average Bonchev–Trinajstić information content (AvgIpc) is 3.23. The highest BCUT2D eigenvalue weighted by atomic mass is 79.9. The fraction of sp³-hybridized carbons (Fsp3) is 0.211. The summed E-state index contributed by atoms with van der Waals surface area (Å²) in [6, 6.07) is 15.5. The molecule has 2 heterocycles. The van der Waals surface area contributed by atoms with Crippen LogP contribution in [0.2, 0.25) is 0 Å². The predicted octanol–water partition coefficient (Wildman–Crippen LogP) is 2.99. The number of H-pyrrole nitrogens is 1. The zero-order valence-corrected chi connectivity index (χ0v) is 15.5. The number of halogens is 1. The Morgan fingerprint density at radius 3 is 2.88 bits per heavy atom. The van der Waals surface area contributed by atoms with Crippen LogP contribution in [0.5, 0.6) is 0 Å². The minimum Gasteiger partial charge on any atom is -0.352 e. The zero-order valence-electron chi connectivity index (χ0n) is 13.9. The summed E-state index contributed by atoms with van der Waals surface area (Å²) in [5, 5.41) is 11.0. The zero-order chi connectivity index (χ0) is 18.1. The molecule has 0 spiro atoms. The molecule has 26 heavy (non-hydrogen) atoms. The minimum absolute atomic E-state index is 0.0822. The van der Waals surface area contributed by atoms with E-state index in [9.17, 15) is 9.59 Å². The van der Waals surface area contributed by atoms with E-state index in [1.807, 2.05) is 48.5 Å². The van der Waals surface area contributed by atoms with Crippen LogP contribution in [-0.2, 0) is 16.1 Å². The van der Waals surface area contributed by atoms with Crippen molar-refractivity contribution in [3.8, 4) is 0 Å². The van der Waals surface area contributed by atoms with Gasteiger partial charge in [0.15, 0.2) is 5.82 Å². The lowest BCUT2D eigenvalue weighted by atomic mass is 10.1. The molecule has 1 aliphatic rings. The molecular weight excluding hydrogens is 396 g/mol. The van der Waals surface area contributed by atoms with Crippen molar-refractivity contribution in [2.24, 2.45) is 5.92 Å². The first-order valence-corrected chi connectivity index (χ1v) is 9.17. The van der Waals surface area contributed by atoms with Crippen molar-refractivity contribution >= 4 is 44.5 Å². The predicted molar refractivity (Wildman–Crippen MR) is 103 cm³/mol. The van der Waals surface area contributed by atoms with Gasteiger partial charge in [-0.3, -0.25) is 19.6 Å². The third-order valence-corrected chi connectivity index (χ3v) is 5.06. The Bertz CT molecular complexity index is 970. The van der Waals surface area contributed by atoms with Crippen molar-refractivity contribution < 1.29 is 9.59 Å². The van der Waals surface area contributed by atoms with Crippen molar-refractivity contribution in [1.29, 1.82) is 0 Å². The lowest BCUT2D eigenvalue weighted by Gasteiger charge is -2.14. The van der Waals surface area contributed by atoms with Crippen LogP contribution in [0.3, 0.4) is 0 Å². The maximum atomic E-state index is 12.5. The molecule has 1 atom stereocenters. The van der Waals surface area contributed by atoms with Crippen LogP contribution in [0.1, 0.15) is 12.0 Å². The van der Waals surface area contributed by atoms with E-state index in [1.54, 1.807) is 4.90 Å². The van der Waals surface area contributed by atoms with Crippen molar-refractivity contribution in [2.75, 3.05) is 11.4 Å². The van der Waals surface area contributed by atoms with Gasteiger partial charge in [-0.15, -0.1) is 0 Å². The van der Waals surface area contributed by atoms with Crippen LogP contribution < -0.4 is 10.2 Å². The number of aromatic amines is 1. The Labute approximate surface area is 158 Å². The second kappa shape index (κ2) is 6.92. The Balaban J connectivity index is 1.47. The van der Waals surface area contributed by atoms with Crippen LogP contribution in [-0.4, -0.2) is 28.6 Å². The number of anilines is 1. The number of hydrogen-bond acceptors (Lipinski definition) is 3. The van der Waals surface area contributed by atoms with E-state index in [4.69, 9.17) is 0 Å². The smallest absolute Gasteiger partial charge is 0.229 e. The number of amides is 2. The molecule has 3 aromatic rings. The first-order valence-electron chi connectivity index (χ1n) is 8.37. The van der Waals surface area contributed by atoms with Crippen LogP contribution in [0.15, 0.2) is 53.0 Å². The second-order valence-corrected chi connectivity index (χ2v) is 7.26. The lowest BCUT2D eigenvalue weighted by Crippen LogP contribution is -2.32. The van der Waals surface area contributed by atoms with Crippen molar-refractivity contribution in [3.05, 3.63) is 58.6 Å². The Morgan fingerprint density at radius 1 is 1.27 bits per heavy atom. The summed E-state index contributed by atoms with van der Waals surface area (Å²) in [6.07, 6.45) is 0.200. The highest BCUT2D eigenvalue weighted by Gasteiger charge is 2.36. The summed E-state index contributed by atoms with van der Waals surface area (Å²) in [6.45, 7) is 0.805. The molecule has 0 saturated carbocycles. The number of carbonyl (C=O) groups is 2. The normalized spacial score (nSPS) is 17.0. The summed E-state index contributed by atoms with van der Waals surface area (Å²) in [5.74, 6) is 0.0257. The second-order valence-electron chi connectivity index (χ2n) is 6.35. The molecule has 0 radical (unpaired) electrons. The minimum atomic E-state index is -0.367. The molecule has 7 heteroatoms. The fourth-order valence-corrected chi connectivity index (χ4v) is 3.56. The summed E-state index contributed by atoms with van der Waals surface area (Å²) in [4.78, 5) is 26.5. The molecule has 1 fully saturated rings. The van der Waals surface area contributed by atoms with Gasteiger partial charge < -0.3 is 5.32 Å². The molecule has 2 aromatic carbocycles. The van der Waals surface area contributed by atoms with Crippen molar-refractivity contribution in [2.45, 2.75) is 13.0 Å². The van der Waals surface area contributed by atoms with E-state index in [0.717, 1.165) is 20.9 Å². The van der Waals surface area contributed by atoms with Crippen LogP contribution in [0, 0.1) is 5.92 Å². The van der Waals surface area contributed by atoms with Crippen molar-refractivity contribution in [1.82, 2.24) is 15.5 Å². The van der Waals surface area contributed by atoms with E-state index >= 15 is 0 Å². The highest BCUT2D eigenvalue weighted by molar-refractivity contribution is 9.10. The van der Waals surface area contributed by atoms with Gasteiger partial charge in [-0.05, 0) is 23.8 Å². The molecule has 1 aliphatic heterocycles. The van der Waals surface area contributed by atoms with Gasteiger partial charge in [0.05, 0.1) is 11.4 Å². The Kier molecular flexibility index (Phi) is 4.46. The fourth-order valence-electron chi connectivity index (χ4n) is 3.20. The van der Waals surface area contributed by atoms with Gasteiger partial charge in [0.2, 0.25) is 11.8 Å². The highest BCUT2D eigenvalue weighted by Crippen LogP contribution is 2.31. The number of nitrogens with zero attached hydrogens (tertiary/aromatic N) is 2. The number of nitrogens with one attached hydrogen (secondary N) is 2. The molecule has 2 N–H and O–H groups in total. The number of hydrogen-bond donors (Lipinski definition) is 2. The molecular formula is C19H17BrN4O2. The Hall–Kier alpha value is -2.67.